The summed E-state index contributed by atoms with van der Waals surface area (Å²) in [6.45, 7) is 8.76. The van der Waals surface area contributed by atoms with E-state index >= 15 is 0 Å². The molecule has 3 aromatic rings. The number of carbonyl (C=O) groups is 2. The maximum atomic E-state index is 13.7. The monoisotopic (exact) mass is 536 g/mol. The smallest absolute Gasteiger partial charge is 0.271 e. The normalized spacial score (nSPS) is 17.8. The largest absolute Gasteiger partial charge is 0.490 e. The van der Waals surface area contributed by atoms with Crippen LogP contribution in [0.4, 0.5) is 0 Å². The van der Waals surface area contributed by atoms with Crippen LogP contribution in [0.15, 0.2) is 65.4 Å². The van der Waals surface area contributed by atoms with E-state index in [9.17, 15) is 14.9 Å². The maximum Gasteiger partial charge on any atom is 0.271 e. The standard InChI is InChI=1S/C32H32N4O4/c1-5-39-13-9-12-35-31(37)27(22(4)28(18-33)32(35)38)17-25-19-36(26-10-7-6-8-11-26)34-29(25)23-14-20(2)30-24(16-23)15-21(3)40-30/h6-8,10-11,14,16-17,19,21H,5,9,12-13,15H2,1-4H3/b27-17+. The molecule has 0 N–H and O–H groups in total. The third kappa shape index (κ3) is 5.08. The zero-order valence-corrected chi connectivity index (χ0v) is 23.2. The molecule has 2 aromatic carbocycles. The van der Waals surface area contributed by atoms with E-state index in [0.29, 0.717) is 42.0 Å². The number of aromatic nitrogens is 2. The highest BCUT2D eigenvalue weighted by molar-refractivity contribution is 6.19. The SMILES string of the molecule is CCOCCCN1C(=O)C(C#N)=C(C)/C(=C\c2cn(-c3ccccc3)nc2-c2cc(C)c3c(c2)CC(C)O3)C1=O. The highest BCUT2D eigenvalue weighted by Gasteiger charge is 2.35. The number of para-hydroxylation sites is 1. The number of carbonyl (C=O) groups excluding carboxylic acids is 2. The highest BCUT2D eigenvalue weighted by Crippen LogP contribution is 2.38. The van der Waals surface area contributed by atoms with Gasteiger partial charge in [-0.15, -0.1) is 0 Å². The van der Waals surface area contributed by atoms with Crippen LogP contribution in [0, 0.1) is 18.3 Å². The van der Waals surface area contributed by atoms with Gasteiger partial charge in [0.05, 0.1) is 11.4 Å². The zero-order valence-electron chi connectivity index (χ0n) is 23.2. The summed E-state index contributed by atoms with van der Waals surface area (Å²) in [7, 11) is 0. The average molecular weight is 537 g/mol. The minimum atomic E-state index is -0.567. The number of amides is 2. The predicted molar refractivity (Wildman–Crippen MR) is 152 cm³/mol. The first-order valence-corrected chi connectivity index (χ1v) is 13.5. The number of hydrogen-bond acceptors (Lipinski definition) is 6. The van der Waals surface area contributed by atoms with Crippen molar-refractivity contribution in [3.8, 4) is 28.8 Å². The fourth-order valence-corrected chi connectivity index (χ4v) is 5.24. The van der Waals surface area contributed by atoms with Crippen LogP contribution in [0.3, 0.4) is 0 Å². The van der Waals surface area contributed by atoms with Crippen LogP contribution in [-0.4, -0.2) is 52.4 Å². The van der Waals surface area contributed by atoms with E-state index in [0.717, 1.165) is 39.4 Å². The van der Waals surface area contributed by atoms with Crippen LogP contribution < -0.4 is 4.74 Å². The van der Waals surface area contributed by atoms with E-state index in [1.165, 1.54) is 0 Å². The summed E-state index contributed by atoms with van der Waals surface area (Å²) in [6, 6.07) is 15.9. The number of nitrogens with zero attached hydrogens (tertiary/aromatic N) is 4. The fraction of sp³-hybridized carbons (Fsp3) is 0.312. The molecule has 2 amide bonds. The lowest BCUT2D eigenvalue weighted by molar-refractivity contribution is -0.140. The topological polar surface area (TPSA) is 97.5 Å². The third-order valence-electron chi connectivity index (χ3n) is 7.21. The van der Waals surface area contributed by atoms with E-state index < -0.39 is 11.8 Å². The lowest BCUT2D eigenvalue weighted by atomic mass is 9.92. The molecule has 1 unspecified atom stereocenters. The van der Waals surface area contributed by atoms with Crippen molar-refractivity contribution in [2.45, 2.75) is 46.6 Å². The first-order chi connectivity index (χ1) is 19.3. The van der Waals surface area contributed by atoms with Gasteiger partial charge in [0, 0.05) is 49.1 Å². The summed E-state index contributed by atoms with van der Waals surface area (Å²) < 4.78 is 13.2. The third-order valence-corrected chi connectivity index (χ3v) is 7.21. The van der Waals surface area contributed by atoms with Gasteiger partial charge in [0.15, 0.2) is 0 Å². The molecule has 40 heavy (non-hydrogen) atoms. The number of benzene rings is 2. The van der Waals surface area contributed by atoms with Crippen LogP contribution in [-0.2, 0) is 20.7 Å². The number of nitriles is 1. The molecule has 0 aliphatic carbocycles. The minimum absolute atomic E-state index is 0.0289. The van der Waals surface area contributed by atoms with Crippen LogP contribution in [0.2, 0.25) is 0 Å². The molecule has 0 spiro atoms. The lowest BCUT2D eigenvalue weighted by Gasteiger charge is -2.27. The van der Waals surface area contributed by atoms with Crippen molar-refractivity contribution in [2.24, 2.45) is 0 Å². The first kappa shape index (κ1) is 27.1. The minimum Gasteiger partial charge on any atom is -0.490 e. The summed E-state index contributed by atoms with van der Waals surface area (Å²) in [4.78, 5) is 27.8. The Balaban J connectivity index is 1.63. The fourth-order valence-electron chi connectivity index (χ4n) is 5.24. The molecule has 3 heterocycles. The van der Waals surface area contributed by atoms with Crippen molar-refractivity contribution in [2.75, 3.05) is 19.8 Å². The van der Waals surface area contributed by atoms with Gasteiger partial charge in [-0.25, -0.2) is 4.68 Å². The van der Waals surface area contributed by atoms with Crippen molar-refractivity contribution in [3.05, 3.63) is 82.1 Å². The molecule has 0 fully saturated rings. The maximum absolute atomic E-state index is 13.7. The molecule has 1 aromatic heterocycles. The van der Waals surface area contributed by atoms with Gasteiger partial charge in [-0.2, -0.15) is 10.4 Å². The second-order valence-electron chi connectivity index (χ2n) is 10.1. The molecule has 0 saturated heterocycles. The Morgan fingerprint density at radius 2 is 1.95 bits per heavy atom. The van der Waals surface area contributed by atoms with E-state index in [2.05, 4.69) is 13.0 Å². The Bertz CT molecular complexity index is 1580. The molecule has 204 valence electrons. The Labute approximate surface area is 234 Å². The van der Waals surface area contributed by atoms with E-state index in [-0.39, 0.29) is 18.2 Å². The van der Waals surface area contributed by atoms with Crippen molar-refractivity contribution >= 4 is 17.9 Å². The molecule has 8 nitrogen and oxygen atoms in total. The molecule has 0 radical (unpaired) electrons. The Hall–Kier alpha value is -4.48. The lowest BCUT2D eigenvalue weighted by Crippen LogP contribution is -2.43. The Morgan fingerprint density at radius 3 is 2.67 bits per heavy atom. The molecule has 0 saturated carbocycles. The second kappa shape index (κ2) is 11.3. The molecule has 5 rings (SSSR count). The van der Waals surface area contributed by atoms with Crippen molar-refractivity contribution in [1.82, 2.24) is 14.7 Å². The Morgan fingerprint density at radius 1 is 1.18 bits per heavy atom. The highest BCUT2D eigenvalue weighted by atomic mass is 16.5. The van der Waals surface area contributed by atoms with Crippen molar-refractivity contribution in [1.29, 1.82) is 5.26 Å². The number of ether oxygens (including phenoxy) is 2. The predicted octanol–water partition coefficient (Wildman–Crippen LogP) is 5.19. The summed E-state index contributed by atoms with van der Waals surface area (Å²) in [5.74, 6) is -0.0780. The summed E-state index contributed by atoms with van der Waals surface area (Å²) in [5.41, 5.74) is 5.96. The Kier molecular flexibility index (Phi) is 7.67. The van der Waals surface area contributed by atoms with Crippen molar-refractivity contribution in [3.63, 3.8) is 0 Å². The van der Waals surface area contributed by atoms with E-state index in [1.54, 1.807) is 17.7 Å². The van der Waals surface area contributed by atoms with Crippen LogP contribution in [0.1, 0.15) is 43.9 Å². The second-order valence-corrected chi connectivity index (χ2v) is 10.1. The summed E-state index contributed by atoms with van der Waals surface area (Å²) in [5, 5.41) is 14.7. The van der Waals surface area contributed by atoms with Crippen LogP contribution in [0.25, 0.3) is 23.0 Å². The molecular formula is C32H32N4O4. The summed E-state index contributed by atoms with van der Waals surface area (Å²) >= 11 is 0. The molecule has 2 aliphatic heterocycles. The average Bonchev–Trinajstić information content (AvgIpc) is 3.54. The molecular weight excluding hydrogens is 504 g/mol. The van der Waals surface area contributed by atoms with Gasteiger partial charge in [-0.05, 0) is 81.2 Å². The van der Waals surface area contributed by atoms with Gasteiger partial charge >= 0.3 is 0 Å². The van der Waals surface area contributed by atoms with Crippen LogP contribution >= 0.6 is 0 Å². The van der Waals surface area contributed by atoms with Gasteiger partial charge in [0.1, 0.15) is 23.5 Å². The van der Waals surface area contributed by atoms with E-state index in [1.807, 2.05) is 62.5 Å². The number of rotatable bonds is 8. The number of hydrogen-bond donors (Lipinski definition) is 0. The van der Waals surface area contributed by atoms with Gasteiger partial charge < -0.3 is 9.47 Å². The first-order valence-electron chi connectivity index (χ1n) is 13.5. The number of aryl methyl sites for hydroxylation is 1. The summed E-state index contributed by atoms with van der Waals surface area (Å²) in [6.07, 6.45) is 5.03. The van der Waals surface area contributed by atoms with Gasteiger partial charge in [0.25, 0.3) is 11.8 Å². The molecule has 0 bridgehead atoms. The zero-order chi connectivity index (χ0) is 28.4. The molecule has 8 heteroatoms. The van der Waals surface area contributed by atoms with Crippen LogP contribution in [0.5, 0.6) is 5.75 Å². The number of fused-ring (bicyclic) bond motifs is 1. The molecule has 2 aliphatic rings. The van der Waals surface area contributed by atoms with Gasteiger partial charge in [0.2, 0.25) is 0 Å². The number of imide groups is 1. The molecule has 1 atom stereocenters. The van der Waals surface area contributed by atoms with Gasteiger partial charge in [-0.1, -0.05) is 18.2 Å². The van der Waals surface area contributed by atoms with E-state index in [4.69, 9.17) is 14.6 Å². The quantitative estimate of drug-likeness (QED) is 0.223. The van der Waals surface area contributed by atoms with Gasteiger partial charge in [-0.3, -0.25) is 14.5 Å². The van der Waals surface area contributed by atoms with Crippen molar-refractivity contribution < 1.29 is 19.1 Å².